The van der Waals surface area contributed by atoms with Crippen molar-refractivity contribution in [2.45, 2.75) is 40.0 Å². The van der Waals surface area contributed by atoms with Crippen LogP contribution in [0.15, 0.2) is 30.3 Å². The maximum absolute atomic E-state index is 13.1. The average molecular weight is 416 g/mol. The van der Waals surface area contributed by atoms with E-state index in [1.54, 1.807) is 30.9 Å². The molecule has 1 aromatic heterocycles. The Morgan fingerprint density at radius 1 is 1.24 bits per heavy atom. The SMILES string of the molecule is CCOC(=O)[C@]1(Cc2cccc(Cl)c2)CCCN(C(=O)c2cc(C)nc(C)n2)C1. The van der Waals surface area contributed by atoms with Gasteiger partial charge in [-0.25, -0.2) is 9.97 Å². The van der Waals surface area contributed by atoms with Gasteiger partial charge in [-0.15, -0.1) is 0 Å². The Morgan fingerprint density at radius 2 is 2.03 bits per heavy atom. The summed E-state index contributed by atoms with van der Waals surface area (Å²) >= 11 is 6.14. The lowest BCUT2D eigenvalue weighted by atomic mass is 9.75. The molecule has 1 saturated heterocycles. The molecule has 1 amide bonds. The number of benzene rings is 1. The predicted molar refractivity (Wildman–Crippen MR) is 111 cm³/mol. The number of nitrogens with zero attached hydrogens (tertiary/aromatic N) is 3. The number of rotatable bonds is 5. The molecule has 0 spiro atoms. The Hall–Kier alpha value is -2.47. The quantitative estimate of drug-likeness (QED) is 0.695. The molecule has 0 N–H and O–H groups in total. The van der Waals surface area contributed by atoms with E-state index in [1.807, 2.05) is 25.1 Å². The minimum atomic E-state index is -0.800. The molecular formula is C22H26ClN3O3. The number of piperidine rings is 1. The third-order valence-corrected chi connectivity index (χ3v) is 5.42. The van der Waals surface area contributed by atoms with E-state index in [9.17, 15) is 9.59 Å². The second kappa shape index (κ2) is 8.91. The van der Waals surface area contributed by atoms with E-state index in [2.05, 4.69) is 9.97 Å². The number of carbonyl (C=O) groups is 2. The number of hydrogen-bond donors (Lipinski definition) is 0. The van der Waals surface area contributed by atoms with Crippen LogP contribution in [-0.4, -0.2) is 46.4 Å². The second-order valence-corrected chi connectivity index (χ2v) is 8.02. The Balaban J connectivity index is 1.90. The van der Waals surface area contributed by atoms with E-state index in [4.69, 9.17) is 16.3 Å². The molecule has 0 bridgehead atoms. The van der Waals surface area contributed by atoms with E-state index in [0.29, 0.717) is 55.5 Å². The fourth-order valence-corrected chi connectivity index (χ4v) is 4.21. The molecular weight excluding hydrogens is 390 g/mol. The summed E-state index contributed by atoms with van der Waals surface area (Å²) in [6.07, 6.45) is 1.84. The number of likely N-dealkylation sites (tertiary alicyclic amines) is 1. The van der Waals surface area contributed by atoms with Crippen LogP contribution < -0.4 is 0 Å². The van der Waals surface area contributed by atoms with Crippen molar-refractivity contribution in [1.29, 1.82) is 0 Å². The zero-order chi connectivity index (χ0) is 21.0. The summed E-state index contributed by atoms with van der Waals surface area (Å²) in [5, 5.41) is 0.622. The molecule has 0 aliphatic carbocycles. The van der Waals surface area contributed by atoms with Crippen LogP contribution in [0.3, 0.4) is 0 Å². The third-order valence-electron chi connectivity index (χ3n) is 5.19. The van der Waals surface area contributed by atoms with Crippen molar-refractivity contribution in [2.24, 2.45) is 5.41 Å². The Morgan fingerprint density at radius 3 is 2.72 bits per heavy atom. The highest BCUT2D eigenvalue weighted by molar-refractivity contribution is 6.30. The first kappa shape index (κ1) is 21.2. The number of aromatic nitrogens is 2. The van der Waals surface area contributed by atoms with Crippen LogP contribution >= 0.6 is 11.6 Å². The van der Waals surface area contributed by atoms with Gasteiger partial charge in [-0.2, -0.15) is 0 Å². The highest BCUT2D eigenvalue weighted by atomic mass is 35.5. The number of aryl methyl sites for hydroxylation is 2. The first-order chi connectivity index (χ1) is 13.8. The van der Waals surface area contributed by atoms with Gasteiger partial charge < -0.3 is 9.64 Å². The largest absolute Gasteiger partial charge is 0.466 e. The number of halogens is 1. The topological polar surface area (TPSA) is 72.4 Å². The third kappa shape index (κ3) is 4.93. The van der Waals surface area contributed by atoms with Crippen molar-refractivity contribution in [1.82, 2.24) is 14.9 Å². The highest BCUT2D eigenvalue weighted by Crippen LogP contribution is 2.36. The summed E-state index contributed by atoms with van der Waals surface area (Å²) in [5.41, 5.74) is 1.26. The summed E-state index contributed by atoms with van der Waals surface area (Å²) in [4.78, 5) is 36.4. The zero-order valence-electron chi connectivity index (χ0n) is 17.1. The predicted octanol–water partition coefficient (Wildman–Crippen LogP) is 3.78. The molecule has 1 aromatic carbocycles. The summed E-state index contributed by atoms with van der Waals surface area (Å²) in [5.74, 6) is 0.103. The lowest BCUT2D eigenvalue weighted by Gasteiger charge is -2.41. The van der Waals surface area contributed by atoms with E-state index < -0.39 is 5.41 Å². The lowest BCUT2D eigenvalue weighted by molar-refractivity contribution is -0.158. The number of carbonyl (C=O) groups excluding carboxylic acids is 2. The Labute approximate surface area is 176 Å². The van der Waals surface area contributed by atoms with Crippen LogP contribution in [0.25, 0.3) is 0 Å². The van der Waals surface area contributed by atoms with Gasteiger partial charge in [0.25, 0.3) is 5.91 Å². The Bertz CT molecular complexity index is 898. The lowest BCUT2D eigenvalue weighted by Crippen LogP contribution is -2.51. The molecule has 1 atom stereocenters. The van der Waals surface area contributed by atoms with Crippen molar-refractivity contribution in [2.75, 3.05) is 19.7 Å². The van der Waals surface area contributed by atoms with Gasteiger partial charge in [-0.05, 0) is 63.8 Å². The van der Waals surface area contributed by atoms with Crippen molar-refractivity contribution in [3.8, 4) is 0 Å². The molecule has 0 unspecified atom stereocenters. The van der Waals surface area contributed by atoms with Crippen LogP contribution in [0.1, 0.15) is 47.3 Å². The van der Waals surface area contributed by atoms with Gasteiger partial charge in [0.05, 0.1) is 12.0 Å². The van der Waals surface area contributed by atoms with E-state index in [0.717, 1.165) is 11.3 Å². The van der Waals surface area contributed by atoms with Gasteiger partial charge in [-0.3, -0.25) is 9.59 Å². The summed E-state index contributed by atoms with van der Waals surface area (Å²) in [6.45, 7) is 6.57. The first-order valence-corrected chi connectivity index (χ1v) is 10.2. The van der Waals surface area contributed by atoms with Crippen LogP contribution in [0.2, 0.25) is 5.02 Å². The second-order valence-electron chi connectivity index (χ2n) is 7.58. The fourth-order valence-electron chi connectivity index (χ4n) is 4.00. The molecule has 1 aliphatic rings. The van der Waals surface area contributed by atoms with Crippen molar-refractivity contribution in [3.05, 3.63) is 58.1 Å². The van der Waals surface area contributed by atoms with Crippen molar-refractivity contribution < 1.29 is 14.3 Å². The van der Waals surface area contributed by atoms with Crippen LogP contribution in [-0.2, 0) is 16.0 Å². The molecule has 154 valence electrons. The summed E-state index contributed by atoms with van der Waals surface area (Å²) in [7, 11) is 0. The molecule has 2 heterocycles. The van der Waals surface area contributed by atoms with E-state index in [-0.39, 0.29) is 11.9 Å². The van der Waals surface area contributed by atoms with Crippen molar-refractivity contribution in [3.63, 3.8) is 0 Å². The smallest absolute Gasteiger partial charge is 0.314 e. The van der Waals surface area contributed by atoms with Crippen LogP contribution in [0, 0.1) is 19.3 Å². The maximum atomic E-state index is 13.1. The van der Waals surface area contributed by atoms with Crippen LogP contribution in [0.5, 0.6) is 0 Å². The molecule has 1 fully saturated rings. The zero-order valence-corrected chi connectivity index (χ0v) is 17.8. The van der Waals surface area contributed by atoms with E-state index >= 15 is 0 Å². The van der Waals surface area contributed by atoms with Crippen molar-refractivity contribution >= 4 is 23.5 Å². The summed E-state index contributed by atoms with van der Waals surface area (Å²) < 4.78 is 5.42. The van der Waals surface area contributed by atoms with Gasteiger partial charge in [0.1, 0.15) is 11.5 Å². The number of hydrogen-bond acceptors (Lipinski definition) is 5. The molecule has 0 saturated carbocycles. The van der Waals surface area contributed by atoms with Gasteiger partial charge in [0.15, 0.2) is 0 Å². The van der Waals surface area contributed by atoms with Gasteiger partial charge in [0.2, 0.25) is 0 Å². The van der Waals surface area contributed by atoms with E-state index in [1.165, 1.54) is 0 Å². The maximum Gasteiger partial charge on any atom is 0.314 e. The fraction of sp³-hybridized carbons (Fsp3) is 0.455. The normalized spacial score (nSPS) is 19.1. The minimum absolute atomic E-state index is 0.182. The highest BCUT2D eigenvalue weighted by Gasteiger charge is 2.45. The molecule has 6 nitrogen and oxygen atoms in total. The summed E-state index contributed by atoms with van der Waals surface area (Å²) in [6, 6.07) is 9.17. The average Bonchev–Trinajstić information content (AvgIpc) is 2.67. The van der Waals surface area contributed by atoms with Gasteiger partial charge in [-0.1, -0.05) is 23.7 Å². The molecule has 2 aromatic rings. The standard InChI is InChI=1S/C22H26ClN3O3/c1-4-29-21(28)22(13-17-7-5-8-18(23)12-17)9-6-10-26(14-22)20(27)19-11-15(2)24-16(3)25-19/h5,7-8,11-12H,4,6,9-10,13-14H2,1-3H3/t22-/m0/s1. The van der Waals surface area contributed by atoms with Gasteiger partial charge >= 0.3 is 5.97 Å². The molecule has 3 rings (SSSR count). The minimum Gasteiger partial charge on any atom is -0.466 e. The monoisotopic (exact) mass is 415 g/mol. The van der Waals surface area contributed by atoms with Gasteiger partial charge in [0, 0.05) is 23.8 Å². The van der Waals surface area contributed by atoms with Crippen LogP contribution in [0.4, 0.5) is 0 Å². The first-order valence-electron chi connectivity index (χ1n) is 9.86. The molecule has 0 radical (unpaired) electrons. The molecule has 1 aliphatic heterocycles. The molecule has 7 heteroatoms. The number of amides is 1. The Kier molecular flexibility index (Phi) is 6.52. The number of ether oxygens (including phenoxy) is 1. The number of esters is 1. The molecule has 29 heavy (non-hydrogen) atoms.